The minimum atomic E-state index is -3.28. The van der Waals surface area contributed by atoms with Gasteiger partial charge in [0, 0.05) is 13.1 Å². The van der Waals surface area contributed by atoms with Crippen LogP contribution in [0.2, 0.25) is 0 Å². The Kier molecular flexibility index (Phi) is 5.88. The SMILES string of the molecule is O=S(=O)(c1ccccc1)C1(CCCN2CC=C(c3ccc(F)cc3)CC2)CCC1. The summed E-state index contributed by atoms with van der Waals surface area (Å²) in [4.78, 5) is 2.85. The van der Waals surface area contributed by atoms with Crippen LogP contribution >= 0.6 is 0 Å². The molecule has 0 N–H and O–H groups in total. The van der Waals surface area contributed by atoms with Crippen LogP contribution in [0.3, 0.4) is 0 Å². The van der Waals surface area contributed by atoms with Gasteiger partial charge in [-0.3, -0.25) is 4.90 Å². The standard InChI is InChI=1S/C24H28FNO2S/c25-22-10-8-20(9-11-22)21-12-18-26(19-13-21)17-5-16-24(14-4-15-24)29(27,28)23-6-2-1-3-7-23/h1-3,6-12H,4-5,13-19H2. The maximum atomic E-state index is 13.2. The average molecular weight is 414 g/mol. The molecule has 154 valence electrons. The fraction of sp³-hybridized carbons (Fsp3) is 0.417. The van der Waals surface area contributed by atoms with Crippen LogP contribution in [0.25, 0.3) is 5.57 Å². The van der Waals surface area contributed by atoms with Crippen LogP contribution < -0.4 is 0 Å². The molecular formula is C24H28FNO2S. The molecule has 2 aromatic rings. The molecule has 0 unspecified atom stereocenters. The highest BCUT2D eigenvalue weighted by Crippen LogP contribution is 2.46. The van der Waals surface area contributed by atoms with E-state index in [1.54, 1.807) is 24.3 Å². The van der Waals surface area contributed by atoms with Gasteiger partial charge in [0.05, 0.1) is 9.64 Å². The lowest BCUT2D eigenvalue weighted by Gasteiger charge is -2.41. The third-order valence-corrected chi connectivity index (χ3v) is 9.15. The van der Waals surface area contributed by atoms with E-state index < -0.39 is 14.6 Å². The molecule has 2 aliphatic rings. The number of nitrogens with zero attached hydrogens (tertiary/aromatic N) is 1. The van der Waals surface area contributed by atoms with Crippen LogP contribution in [0.4, 0.5) is 4.39 Å². The molecule has 0 radical (unpaired) electrons. The summed E-state index contributed by atoms with van der Waals surface area (Å²) in [7, 11) is -3.28. The lowest BCUT2D eigenvalue weighted by molar-refractivity contribution is 0.260. The Balaban J connectivity index is 1.34. The van der Waals surface area contributed by atoms with Crippen molar-refractivity contribution in [3.05, 3.63) is 72.1 Å². The molecule has 29 heavy (non-hydrogen) atoms. The Morgan fingerprint density at radius 1 is 1.00 bits per heavy atom. The quantitative estimate of drug-likeness (QED) is 0.634. The van der Waals surface area contributed by atoms with E-state index in [4.69, 9.17) is 0 Å². The second-order valence-corrected chi connectivity index (χ2v) is 10.6. The molecule has 0 amide bonds. The molecule has 1 fully saturated rings. The van der Waals surface area contributed by atoms with Gasteiger partial charge < -0.3 is 0 Å². The Labute approximate surface area is 173 Å². The zero-order chi connectivity index (χ0) is 20.3. The van der Waals surface area contributed by atoms with E-state index >= 15 is 0 Å². The minimum absolute atomic E-state index is 0.206. The number of rotatable bonds is 7. The smallest absolute Gasteiger partial charge is 0.184 e. The highest BCUT2D eigenvalue weighted by atomic mass is 32.2. The Bertz CT molecular complexity index is 964. The van der Waals surface area contributed by atoms with Gasteiger partial charge in [0.15, 0.2) is 9.84 Å². The lowest BCUT2D eigenvalue weighted by atomic mass is 9.81. The Morgan fingerprint density at radius 2 is 1.72 bits per heavy atom. The van der Waals surface area contributed by atoms with Crippen molar-refractivity contribution in [1.29, 1.82) is 0 Å². The number of sulfone groups is 1. The molecule has 3 nitrogen and oxygen atoms in total. The number of benzene rings is 2. The molecule has 5 heteroatoms. The largest absolute Gasteiger partial charge is 0.299 e. The maximum Gasteiger partial charge on any atom is 0.184 e. The first-order chi connectivity index (χ1) is 14.0. The molecule has 0 spiro atoms. The molecule has 0 saturated heterocycles. The fourth-order valence-electron chi connectivity index (χ4n) is 4.54. The lowest BCUT2D eigenvalue weighted by Crippen LogP contribution is -2.45. The Morgan fingerprint density at radius 3 is 2.31 bits per heavy atom. The normalized spacial score (nSPS) is 19.4. The van der Waals surface area contributed by atoms with Crippen molar-refractivity contribution < 1.29 is 12.8 Å². The molecule has 0 atom stereocenters. The van der Waals surface area contributed by atoms with E-state index in [0.717, 1.165) is 63.7 Å². The third-order valence-electron chi connectivity index (χ3n) is 6.50. The first-order valence-corrected chi connectivity index (χ1v) is 12.0. The molecular weight excluding hydrogens is 385 g/mol. The number of hydrogen-bond donors (Lipinski definition) is 0. The average Bonchev–Trinajstić information content (AvgIpc) is 2.71. The Hall–Kier alpha value is -1.98. The van der Waals surface area contributed by atoms with Gasteiger partial charge in [-0.1, -0.05) is 42.8 Å². The summed E-state index contributed by atoms with van der Waals surface area (Å²) in [5.41, 5.74) is 2.36. The van der Waals surface area contributed by atoms with Crippen LogP contribution in [-0.4, -0.2) is 37.7 Å². The van der Waals surface area contributed by atoms with Crippen molar-refractivity contribution in [1.82, 2.24) is 4.90 Å². The van der Waals surface area contributed by atoms with Crippen molar-refractivity contribution in [2.45, 2.75) is 48.2 Å². The molecule has 4 rings (SSSR count). The predicted molar refractivity (Wildman–Crippen MR) is 115 cm³/mol. The summed E-state index contributed by atoms with van der Waals surface area (Å²) < 4.78 is 38.9. The molecule has 1 saturated carbocycles. The fourth-order valence-corrected chi connectivity index (χ4v) is 6.79. The zero-order valence-electron chi connectivity index (χ0n) is 16.7. The van der Waals surface area contributed by atoms with E-state index in [1.165, 1.54) is 17.7 Å². The van der Waals surface area contributed by atoms with Crippen LogP contribution in [-0.2, 0) is 9.84 Å². The predicted octanol–water partition coefficient (Wildman–Crippen LogP) is 5.09. The van der Waals surface area contributed by atoms with Crippen molar-refractivity contribution in [2.24, 2.45) is 0 Å². The van der Waals surface area contributed by atoms with Crippen molar-refractivity contribution in [3.8, 4) is 0 Å². The number of halogens is 1. The van der Waals surface area contributed by atoms with Gasteiger partial charge in [0.1, 0.15) is 5.82 Å². The van der Waals surface area contributed by atoms with E-state index in [0.29, 0.717) is 4.90 Å². The summed E-state index contributed by atoms with van der Waals surface area (Å²) >= 11 is 0. The topological polar surface area (TPSA) is 37.4 Å². The van der Waals surface area contributed by atoms with Crippen molar-refractivity contribution >= 4 is 15.4 Å². The van der Waals surface area contributed by atoms with Gasteiger partial charge in [0.2, 0.25) is 0 Å². The molecule has 1 aliphatic carbocycles. The van der Waals surface area contributed by atoms with Crippen molar-refractivity contribution in [3.63, 3.8) is 0 Å². The molecule has 2 aromatic carbocycles. The molecule has 0 aromatic heterocycles. The van der Waals surface area contributed by atoms with Crippen LogP contribution in [0, 0.1) is 5.82 Å². The summed E-state index contributed by atoms with van der Waals surface area (Å²) in [6.07, 6.45) is 7.34. The van der Waals surface area contributed by atoms with Gasteiger partial charge in [0.25, 0.3) is 0 Å². The van der Waals surface area contributed by atoms with E-state index in [1.807, 2.05) is 18.2 Å². The van der Waals surface area contributed by atoms with Crippen LogP contribution in [0.5, 0.6) is 0 Å². The second-order valence-electron chi connectivity index (χ2n) is 8.24. The molecule has 1 heterocycles. The highest BCUT2D eigenvalue weighted by molar-refractivity contribution is 7.93. The first-order valence-electron chi connectivity index (χ1n) is 10.5. The first kappa shape index (κ1) is 20.3. The van der Waals surface area contributed by atoms with Gasteiger partial charge in [-0.2, -0.15) is 0 Å². The molecule has 0 bridgehead atoms. The van der Waals surface area contributed by atoms with E-state index in [-0.39, 0.29) is 5.82 Å². The molecule has 1 aliphatic heterocycles. The summed E-state index contributed by atoms with van der Waals surface area (Å²) in [5.74, 6) is -0.206. The third kappa shape index (κ3) is 4.17. The van der Waals surface area contributed by atoms with Gasteiger partial charge in [-0.25, -0.2) is 12.8 Å². The van der Waals surface area contributed by atoms with Gasteiger partial charge >= 0.3 is 0 Å². The summed E-state index contributed by atoms with van der Waals surface area (Å²) in [6.45, 7) is 2.74. The maximum absolute atomic E-state index is 13.2. The number of hydrogen-bond acceptors (Lipinski definition) is 3. The van der Waals surface area contributed by atoms with E-state index in [2.05, 4.69) is 11.0 Å². The van der Waals surface area contributed by atoms with Crippen molar-refractivity contribution in [2.75, 3.05) is 19.6 Å². The van der Waals surface area contributed by atoms with Gasteiger partial charge in [-0.05, 0) is 74.1 Å². The van der Waals surface area contributed by atoms with Gasteiger partial charge in [-0.15, -0.1) is 0 Å². The van der Waals surface area contributed by atoms with Crippen LogP contribution in [0.1, 0.15) is 44.1 Å². The summed E-state index contributed by atoms with van der Waals surface area (Å²) in [5, 5.41) is 0. The second kappa shape index (κ2) is 8.41. The monoisotopic (exact) mass is 413 g/mol. The minimum Gasteiger partial charge on any atom is -0.299 e. The van der Waals surface area contributed by atoms with Crippen LogP contribution in [0.15, 0.2) is 65.6 Å². The summed E-state index contributed by atoms with van der Waals surface area (Å²) in [6, 6.07) is 15.6. The zero-order valence-corrected chi connectivity index (χ0v) is 17.5. The highest BCUT2D eigenvalue weighted by Gasteiger charge is 2.48. The van der Waals surface area contributed by atoms with E-state index in [9.17, 15) is 12.8 Å².